The van der Waals surface area contributed by atoms with Crippen molar-refractivity contribution in [3.8, 4) is 11.5 Å². The van der Waals surface area contributed by atoms with E-state index in [-0.39, 0.29) is 16.0 Å². The molecule has 226 valence electrons. The molecule has 1 N–H and O–H groups in total. The zero-order valence-corrected chi connectivity index (χ0v) is 25.4. The number of halogens is 1. The van der Waals surface area contributed by atoms with Crippen LogP contribution >= 0.6 is 11.6 Å². The molecule has 4 amide bonds. The van der Waals surface area contributed by atoms with E-state index < -0.39 is 17.8 Å². The Labute approximate surface area is 262 Å². The van der Waals surface area contributed by atoms with Crippen molar-refractivity contribution >= 4 is 41.2 Å². The first-order valence-corrected chi connectivity index (χ1v) is 15.8. The lowest BCUT2D eigenvalue weighted by Crippen LogP contribution is -2.54. The van der Waals surface area contributed by atoms with Gasteiger partial charge in [0, 0.05) is 0 Å². The standard InChI is InChI=1S/C36H35ClN2O5/c1-2-43-31-17-23(16-30(37)32(31)44-21-22-6-4-3-5-7-22)15-29-33(40)38-35(42)39(34(29)41)28-10-8-27(9-11-28)36-18-24-12-25(19-36)14-26(13-24)20-36/h3-11,15-17,24-26H,2,12-14,18-21H2,1H3,(H,38,40,42)/b29-15+. The fraction of sp³-hybridized carbons (Fsp3) is 0.361. The Hall–Kier alpha value is -4.10. The average Bonchev–Trinajstić information content (AvgIpc) is 2.99. The Morgan fingerprint density at radius 3 is 2.20 bits per heavy atom. The van der Waals surface area contributed by atoms with Crippen LogP contribution in [0.25, 0.3) is 6.08 Å². The molecule has 0 unspecified atom stereocenters. The number of anilines is 1. The fourth-order valence-electron chi connectivity index (χ4n) is 8.29. The minimum absolute atomic E-state index is 0.175. The Morgan fingerprint density at radius 1 is 0.909 bits per heavy atom. The number of imide groups is 2. The molecule has 44 heavy (non-hydrogen) atoms. The first-order valence-electron chi connectivity index (χ1n) is 15.5. The maximum atomic E-state index is 13.7. The van der Waals surface area contributed by atoms with Crippen molar-refractivity contribution in [1.29, 1.82) is 0 Å². The molecule has 1 aliphatic heterocycles. The van der Waals surface area contributed by atoms with Crippen molar-refractivity contribution < 1.29 is 23.9 Å². The maximum absolute atomic E-state index is 13.7. The quantitative estimate of drug-likeness (QED) is 0.211. The first kappa shape index (κ1) is 28.7. The van der Waals surface area contributed by atoms with E-state index in [2.05, 4.69) is 17.4 Å². The number of amides is 4. The van der Waals surface area contributed by atoms with Crippen molar-refractivity contribution in [2.75, 3.05) is 11.5 Å². The number of hydrogen-bond donors (Lipinski definition) is 1. The van der Waals surface area contributed by atoms with Crippen molar-refractivity contribution in [2.24, 2.45) is 17.8 Å². The van der Waals surface area contributed by atoms with Crippen molar-refractivity contribution in [2.45, 2.75) is 57.5 Å². The summed E-state index contributed by atoms with van der Waals surface area (Å²) in [5.74, 6) is 1.75. The van der Waals surface area contributed by atoms with Crippen LogP contribution in [0.4, 0.5) is 10.5 Å². The van der Waals surface area contributed by atoms with Crippen LogP contribution < -0.4 is 19.7 Å². The van der Waals surface area contributed by atoms with Gasteiger partial charge >= 0.3 is 6.03 Å². The monoisotopic (exact) mass is 610 g/mol. The van der Waals surface area contributed by atoms with E-state index in [1.165, 1.54) is 50.2 Å². The topological polar surface area (TPSA) is 84.9 Å². The number of carbonyl (C=O) groups excluding carboxylic acids is 3. The van der Waals surface area contributed by atoms with E-state index in [9.17, 15) is 14.4 Å². The molecule has 1 saturated heterocycles. The third-order valence-corrected chi connectivity index (χ3v) is 10.0. The highest BCUT2D eigenvalue weighted by molar-refractivity contribution is 6.39. The Morgan fingerprint density at radius 2 is 1.57 bits per heavy atom. The zero-order chi connectivity index (χ0) is 30.4. The minimum atomic E-state index is -0.766. The Balaban J connectivity index is 1.14. The van der Waals surface area contributed by atoms with E-state index in [4.69, 9.17) is 21.1 Å². The van der Waals surface area contributed by atoms with Crippen LogP contribution in [-0.4, -0.2) is 24.5 Å². The molecule has 1 heterocycles. The lowest BCUT2D eigenvalue weighted by atomic mass is 9.48. The maximum Gasteiger partial charge on any atom is 0.335 e. The van der Waals surface area contributed by atoms with Crippen LogP contribution in [0, 0.1) is 17.8 Å². The summed E-state index contributed by atoms with van der Waals surface area (Å²) in [6.45, 7) is 2.50. The number of benzene rings is 3. The average molecular weight is 611 g/mol. The zero-order valence-electron chi connectivity index (χ0n) is 24.7. The number of ether oxygens (including phenoxy) is 2. The number of nitrogens with one attached hydrogen (secondary N) is 1. The molecule has 0 spiro atoms. The van der Waals surface area contributed by atoms with Crippen LogP contribution in [0.1, 0.15) is 62.1 Å². The second-order valence-corrected chi connectivity index (χ2v) is 13.1. The van der Waals surface area contributed by atoms with E-state index >= 15 is 0 Å². The van der Waals surface area contributed by atoms with Crippen molar-refractivity contribution in [3.05, 3.63) is 94.0 Å². The molecule has 8 rings (SSSR count). The van der Waals surface area contributed by atoms with Gasteiger partial charge in [0.25, 0.3) is 11.8 Å². The third-order valence-electron chi connectivity index (χ3n) is 9.75. The summed E-state index contributed by atoms with van der Waals surface area (Å²) in [4.78, 5) is 40.5. The summed E-state index contributed by atoms with van der Waals surface area (Å²) in [7, 11) is 0. The Kier molecular flexibility index (Phi) is 7.45. The second kappa shape index (κ2) is 11.4. The predicted octanol–water partition coefficient (Wildman–Crippen LogP) is 7.45. The summed E-state index contributed by atoms with van der Waals surface area (Å²) in [6.07, 6.45) is 9.20. The molecular formula is C36H35ClN2O5. The highest BCUT2D eigenvalue weighted by Crippen LogP contribution is 2.60. The molecule has 3 aromatic carbocycles. The van der Waals surface area contributed by atoms with Crippen LogP contribution in [0.3, 0.4) is 0 Å². The van der Waals surface area contributed by atoms with E-state index in [1.54, 1.807) is 12.1 Å². The molecule has 5 aliphatic rings. The van der Waals surface area contributed by atoms with Gasteiger partial charge in [0.2, 0.25) is 0 Å². The van der Waals surface area contributed by atoms with Crippen molar-refractivity contribution in [1.82, 2.24) is 5.32 Å². The summed E-state index contributed by atoms with van der Waals surface area (Å²) >= 11 is 6.62. The lowest BCUT2D eigenvalue weighted by molar-refractivity contribution is -0.122. The third kappa shape index (κ3) is 5.28. The van der Waals surface area contributed by atoms with E-state index in [1.807, 2.05) is 49.4 Å². The SMILES string of the molecule is CCOc1cc(/C=C2\C(=O)NC(=O)N(c3ccc(C45CC6CC(CC(C6)C4)C5)cc3)C2=O)cc(Cl)c1OCc1ccccc1. The van der Waals surface area contributed by atoms with Gasteiger partial charge in [-0.25, -0.2) is 9.69 Å². The van der Waals surface area contributed by atoms with Gasteiger partial charge in [-0.3, -0.25) is 14.9 Å². The molecule has 3 aromatic rings. The number of nitrogens with zero attached hydrogens (tertiary/aromatic N) is 1. The van der Waals surface area contributed by atoms with Gasteiger partial charge in [0.15, 0.2) is 11.5 Å². The fourth-order valence-corrected chi connectivity index (χ4v) is 8.56. The highest BCUT2D eigenvalue weighted by Gasteiger charge is 2.51. The number of carbonyl (C=O) groups is 3. The largest absolute Gasteiger partial charge is 0.490 e. The lowest BCUT2D eigenvalue weighted by Gasteiger charge is -2.57. The molecule has 4 saturated carbocycles. The molecule has 4 aliphatic carbocycles. The molecule has 5 fully saturated rings. The van der Waals surface area contributed by atoms with Gasteiger partial charge in [-0.15, -0.1) is 0 Å². The second-order valence-electron chi connectivity index (χ2n) is 12.7. The highest BCUT2D eigenvalue weighted by atomic mass is 35.5. The smallest absolute Gasteiger partial charge is 0.335 e. The van der Waals surface area contributed by atoms with Crippen LogP contribution in [-0.2, 0) is 21.6 Å². The molecule has 0 radical (unpaired) electrons. The van der Waals surface area contributed by atoms with Crippen LogP contribution in [0.2, 0.25) is 5.02 Å². The molecule has 0 atom stereocenters. The molecule has 4 bridgehead atoms. The summed E-state index contributed by atoms with van der Waals surface area (Å²) in [6, 6.07) is 20.0. The number of rotatable bonds is 8. The summed E-state index contributed by atoms with van der Waals surface area (Å²) < 4.78 is 11.8. The van der Waals surface area contributed by atoms with E-state index in [0.29, 0.717) is 36.0 Å². The molecule has 7 nitrogen and oxygen atoms in total. The number of urea groups is 1. The molecular weight excluding hydrogens is 576 g/mol. The summed E-state index contributed by atoms with van der Waals surface area (Å²) in [5.41, 5.74) is 3.19. The van der Waals surface area contributed by atoms with Gasteiger partial charge < -0.3 is 9.47 Å². The first-order chi connectivity index (χ1) is 21.3. The van der Waals surface area contributed by atoms with Crippen LogP contribution in [0.5, 0.6) is 11.5 Å². The van der Waals surface area contributed by atoms with Gasteiger partial charge in [-0.1, -0.05) is 54.1 Å². The number of hydrogen-bond acceptors (Lipinski definition) is 5. The van der Waals surface area contributed by atoms with Gasteiger partial charge in [-0.2, -0.15) is 0 Å². The Bertz CT molecular complexity index is 1610. The molecule has 8 heteroatoms. The normalized spacial score (nSPS) is 26.7. The van der Waals surface area contributed by atoms with Crippen molar-refractivity contribution in [3.63, 3.8) is 0 Å². The molecule has 0 aromatic heterocycles. The van der Waals surface area contributed by atoms with Gasteiger partial charge in [0.1, 0.15) is 12.2 Å². The minimum Gasteiger partial charge on any atom is -0.490 e. The number of barbiturate groups is 1. The summed E-state index contributed by atoms with van der Waals surface area (Å²) in [5, 5.41) is 2.60. The van der Waals surface area contributed by atoms with E-state index in [0.717, 1.165) is 28.2 Å². The van der Waals surface area contributed by atoms with Gasteiger partial charge in [0.05, 0.1) is 17.3 Å². The predicted molar refractivity (Wildman–Crippen MR) is 169 cm³/mol. The van der Waals surface area contributed by atoms with Gasteiger partial charge in [-0.05, 0) is 116 Å². The van der Waals surface area contributed by atoms with Crippen LogP contribution in [0.15, 0.2) is 72.3 Å².